The van der Waals surface area contributed by atoms with Crippen molar-refractivity contribution in [2.24, 2.45) is 33.9 Å². The summed E-state index contributed by atoms with van der Waals surface area (Å²) in [5.41, 5.74) is -0.552. The molecule has 0 spiro atoms. The van der Waals surface area contributed by atoms with Gasteiger partial charge < -0.3 is 54.7 Å². The molecule has 0 aromatic heterocycles. The number of aromatic hydroxyl groups is 3. The van der Waals surface area contributed by atoms with Crippen LogP contribution in [-0.4, -0.2) is 111 Å². The number of aliphatic hydroxyl groups excluding tert-OH is 2. The second-order valence-electron chi connectivity index (χ2n) is 17.1. The summed E-state index contributed by atoms with van der Waals surface area (Å²) in [6, 6.07) is 0.286. The van der Waals surface area contributed by atoms with Gasteiger partial charge in [-0.25, -0.2) is 0 Å². The smallest absolute Gasteiger partial charge is 0.312 e. The predicted molar refractivity (Wildman–Crippen MR) is 235 cm³/mol. The summed E-state index contributed by atoms with van der Waals surface area (Å²) in [6.45, 7) is 12.5. The van der Waals surface area contributed by atoms with Crippen molar-refractivity contribution in [2.45, 2.75) is 124 Å². The van der Waals surface area contributed by atoms with Crippen LogP contribution in [0, 0.1) is 30.6 Å². The Morgan fingerprint density at radius 1 is 0.935 bits per heavy atom. The van der Waals surface area contributed by atoms with Crippen molar-refractivity contribution in [3.8, 4) is 23.0 Å². The zero-order valence-corrected chi connectivity index (χ0v) is 37.2. The lowest BCUT2D eigenvalue weighted by atomic mass is 9.78. The first-order valence-electron chi connectivity index (χ1n) is 21.1. The first-order valence-corrected chi connectivity index (χ1v) is 21.1. The van der Waals surface area contributed by atoms with Gasteiger partial charge in [0.25, 0.3) is 11.7 Å². The van der Waals surface area contributed by atoms with E-state index in [0.717, 1.165) is 31.9 Å². The van der Waals surface area contributed by atoms with Gasteiger partial charge in [-0.3, -0.25) is 14.4 Å². The quantitative estimate of drug-likeness (QED) is 0.0463. The van der Waals surface area contributed by atoms with E-state index >= 15 is 0 Å². The van der Waals surface area contributed by atoms with Crippen LogP contribution in [0.1, 0.15) is 102 Å². The average Bonchev–Trinajstić information content (AvgIpc) is 3.51. The fourth-order valence-electron chi connectivity index (χ4n) is 8.66. The fraction of sp³-hybridized carbons (Fsp3) is 0.543. The highest BCUT2D eigenvalue weighted by atomic mass is 16.7. The second kappa shape index (κ2) is 19.7. The predicted octanol–water partition coefficient (Wildman–Crippen LogP) is 6.38. The number of ketones is 1. The number of benzene rings is 2. The highest BCUT2D eigenvalue weighted by Gasteiger charge is 2.50. The van der Waals surface area contributed by atoms with E-state index in [1.54, 1.807) is 46.2 Å². The third-order valence-corrected chi connectivity index (χ3v) is 12.7. The molecule has 1 aliphatic carbocycles. The molecule has 1 amide bonds. The number of allylic oxidation sites excluding steroid dienone is 2. The first-order chi connectivity index (χ1) is 29.2. The molecule has 3 heterocycles. The van der Waals surface area contributed by atoms with E-state index in [4.69, 9.17) is 18.9 Å². The molecule has 16 heteroatoms. The average molecular weight is 863 g/mol. The van der Waals surface area contributed by atoms with Gasteiger partial charge in [0, 0.05) is 74.2 Å². The highest BCUT2D eigenvalue weighted by Crippen LogP contribution is 2.55. The van der Waals surface area contributed by atoms with E-state index in [2.05, 4.69) is 15.5 Å². The SMILES string of the molecule is CO[C@H]1/C=C/O[C@@]2(C)Oc3c(C)c(O)c4c(O)c(c(/C=N/N=C/N(C)C5CCCCC5)c(O)c4c3C2=O)NC(=O)/C(C)=C\C=C\[C@H](C)[C@H](O)[C@@H](C)[C@@H](O)[C@@H](C)[C@H](OC(C)=O)[C@@H]1C. The van der Waals surface area contributed by atoms with Gasteiger partial charge >= 0.3 is 11.8 Å². The van der Waals surface area contributed by atoms with Gasteiger partial charge in [-0.1, -0.05) is 65.2 Å². The lowest BCUT2D eigenvalue weighted by molar-refractivity contribution is -0.160. The standard InChI is InChI=1S/C46H62N4O12/c1-23-15-14-16-24(2)45(58)49-36-31(21-47-48-22-50(9)30-17-12-11-13-18-30)40(55)33-34(41(36)56)39(54)28(6)43-35(33)44(57)46(8,62-43)60-20-19-32(59-10)25(3)42(61-29(7)51)27(5)38(53)26(4)37(23)52/h14-16,19-23,25-27,30,32,37-38,42,52-56H,11-13,17-18H2,1-10H3,(H,49,58)/b15-14+,20-19+,24-16-,47-21+,48-22+/t23-,25+,26+,27+,32-,37-,38+,42+,46-/m0/s1. The van der Waals surface area contributed by atoms with E-state index < -0.39 is 88.8 Å². The van der Waals surface area contributed by atoms with Crippen LogP contribution in [0.2, 0.25) is 0 Å². The summed E-state index contributed by atoms with van der Waals surface area (Å²) in [4.78, 5) is 42.5. The van der Waals surface area contributed by atoms with Crippen molar-refractivity contribution >= 4 is 46.7 Å². The molecular weight excluding hydrogens is 801 g/mol. The Balaban J connectivity index is 1.68. The number of phenolic OH excluding ortho intramolecular Hbond substituents is 3. The lowest BCUT2D eigenvalue weighted by Crippen LogP contribution is -2.46. The minimum absolute atomic E-state index is 0.0401. The van der Waals surface area contributed by atoms with Gasteiger partial charge in [0.1, 0.15) is 29.7 Å². The van der Waals surface area contributed by atoms with Gasteiger partial charge in [-0.05, 0) is 32.8 Å². The Morgan fingerprint density at radius 3 is 2.26 bits per heavy atom. The molecule has 0 saturated heterocycles. The molecule has 6 rings (SSSR count). The van der Waals surface area contributed by atoms with Crippen molar-refractivity contribution in [2.75, 3.05) is 19.5 Å². The van der Waals surface area contributed by atoms with Crippen LogP contribution in [0.25, 0.3) is 10.8 Å². The molecule has 3 aliphatic heterocycles. The monoisotopic (exact) mass is 862 g/mol. The summed E-state index contributed by atoms with van der Waals surface area (Å²) >= 11 is 0. The second-order valence-corrected chi connectivity index (χ2v) is 17.1. The molecule has 2 aromatic rings. The summed E-state index contributed by atoms with van der Waals surface area (Å²) in [5.74, 6) is -8.58. The van der Waals surface area contributed by atoms with E-state index in [1.807, 2.05) is 11.9 Å². The summed E-state index contributed by atoms with van der Waals surface area (Å²) in [7, 11) is 3.33. The molecule has 1 saturated carbocycles. The lowest BCUT2D eigenvalue weighted by Gasteiger charge is -2.38. The van der Waals surface area contributed by atoms with E-state index in [0.29, 0.717) is 0 Å². The number of fused-ring (bicyclic) bond motifs is 14. The van der Waals surface area contributed by atoms with Crippen molar-refractivity contribution in [1.29, 1.82) is 0 Å². The number of Topliss-reactive ketones (excluding diaryl/α,β-unsaturated/α-hetero) is 1. The maximum Gasteiger partial charge on any atom is 0.312 e. The van der Waals surface area contributed by atoms with Crippen LogP contribution in [0.5, 0.6) is 23.0 Å². The third kappa shape index (κ3) is 9.62. The number of anilines is 1. The number of hydrogen-bond acceptors (Lipinski definition) is 14. The topological polar surface area (TPSA) is 229 Å². The molecule has 1 fully saturated rings. The highest BCUT2D eigenvalue weighted by molar-refractivity contribution is 6.23. The zero-order chi connectivity index (χ0) is 45.8. The number of ether oxygens (including phenoxy) is 4. The Morgan fingerprint density at radius 2 is 1.61 bits per heavy atom. The molecule has 0 radical (unpaired) electrons. The van der Waals surface area contributed by atoms with E-state index in [1.165, 1.54) is 59.6 Å². The number of phenols is 3. The van der Waals surface area contributed by atoms with Crippen molar-refractivity contribution in [3.63, 3.8) is 0 Å². The summed E-state index contributed by atoms with van der Waals surface area (Å²) in [5, 5.41) is 68.9. The number of nitrogens with one attached hydrogen (secondary N) is 1. The van der Waals surface area contributed by atoms with Crippen LogP contribution < -0.4 is 10.1 Å². The number of amides is 1. The molecule has 6 N–H and O–H groups in total. The molecular formula is C46H62N4O12. The minimum Gasteiger partial charge on any atom is -0.507 e. The number of nitrogens with zero attached hydrogens (tertiary/aromatic N) is 3. The normalized spacial score (nSPS) is 31.1. The Labute approximate surface area is 362 Å². The number of esters is 1. The van der Waals surface area contributed by atoms with Gasteiger partial charge in [0.05, 0.1) is 53.0 Å². The Kier molecular flexibility index (Phi) is 15.1. The Hall–Kier alpha value is -5.45. The van der Waals surface area contributed by atoms with Crippen molar-refractivity contribution in [1.82, 2.24) is 4.90 Å². The van der Waals surface area contributed by atoms with Gasteiger partial charge in [0.2, 0.25) is 0 Å². The van der Waals surface area contributed by atoms with Gasteiger partial charge in [0.15, 0.2) is 5.75 Å². The molecule has 338 valence electrons. The number of methoxy groups -OCH3 is 1. The molecule has 4 aliphatic rings. The van der Waals surface area contributed by atoms with Crippen LogP contribution in [0.15, 0.2) is 46.3 Å². The zero-order valence-electron chi connectivity index (χ0n) is 37.2. The maximum atomic E-state index is 14.5. The molecule has 5 bridgehead atoms. The van der Waals surface area contributed by atoms with Crippen molar-refractivity contribution in [3.05, 3.63) is 52.8 Å². The molecule has 0 unspecified atom stereocenters. The van der Waals surface area contributed by atoms with Crippen LogP contribution in [-0.2, 0) is 23.8 Å². The molecule has 2 aromatic carbocycles. The number of carbonyl (C=O) groups is 3. The largest absolute Gasteiger partial charge is 0.507 e. The number of rotatable bonds is 6. The third-order valence-electron chi connectivity index (χ3n) is 12.7. The van der Waals surface area contributed by atoms with Crippen LogP contribution >= 0.6 is 0 Å². The van der Waals surface area contributed by atoms with Gasteiger partial charge in [-0.15, -0.1) is 5.10 Å². The summed E-state index contributed by atoms with van der Waals surface area (Å²) in [6.07, 6.45) is 11.6. The van der Waals surface area contributed by atoms with E-state index in [9.17, 15) is 39.9 Å². The number of hydrogen-bond donors (Lipinski definition) is 6. The summed E-state index contributed by atoms with van der Waals surface area (Å²) < 4.78 is 23.6. The fourth-order valence-corrected chi connectivity index (χ4v) is 8.66. The molecule has 16 nitrogen and oxygen atoms in total. The minimum atomic E-state index is -2.06. The first kappa shape index (κ1) is 47.6. The van der Waals surface area contributed by atoms with Crippen LogP contribution in [0.3, 0.4) is 0 Å². The van der Waals surface area contributed by atoms with Crippen molar-refractivity contribution < 1.29 is 58.9 Å². The molecule has 62 heavy (non-hydrogen) atoms. The van der Waals surface area contributed by atoms with E-state index in [-0.39, 0.29) is 50.5 Å². The van der Waals surface area contributed by atoms with Crippen LogP contribution in [0.4, 0.5) is 5.69 Å². The number of carbonyl (C=O) groups excluding carboxylic acids is 3. The Bertz CT molecular complexity index is 2180. The number of aliphatic hydroxyl groups is 2. The maximum absolute atomic E-state index is 14.5. The molecule has 9 atom stereocenters. The van der Waals surface area contributed by atoms with Gasteiger partial charge in [-0.2, -0.15) is 5.10 Å².